The average Bonchev–Trinajstić information content (AvgIpc) is 2.85. The smallest absolute Gasteiger partial charge is 0.141 e. The number of nitrogens with one attached hydrogen (secondary N) is 1. The third kappa shape index (κ3) is 3.29. The van der Waals surface area contributed by atoms with E-state index < -0.39 is 0 Å². The fourth-order valence-corrected chi connectivity index (χ4v) is 2.63. The van der Waals surface area contributed by atoms with Gasteiger partial charge in [-0.3, -0.25) is 4.90 Å². The molecule has 0 radical (unpaired) electrons. The fraction of sp³-hybridized carbons (Fsp3) is 0.846. The summed E-state index contributed by atoms with van der Waals surface area (Å²) in [5.74, 6) is 1.10. The Labute approximate surface area is 110 Å². The molecule has 102 valence electrons. The molecule has 0 aromatic carbocycles. The van der Waals surface area contributed by atoms with Crippen molar-refractivity contribution in [1.29, 1.82) is 0 Å². The molecular formula is C13H25N5. The van der Waals surface area contributed by atoms with E-state index in [9.17, 15) is 0 Å². The Balaban J connectivity index is 1.98. The first kappa shape index (κ1) is 13.5. The number of aromatic nitrogens is 3. The lowest BCUT2D eigenvalue weighted by Gasteiger charge is -2.33. The quantitative estimate of drug-likeness (QED) is 0.827. The molecule has 5 nitrogen and oxygen atoms in total. The standard InChI is InChI=1S/C13H25N5/c1-3-8-18-13(15-11-16-18)10-17(4-2)12-6-5-7-14-9-12/h11-12,14H,3-10H2,1-2H3. The van der Waals surface area contributed by atoms with Crippen LogP contribution in [-0.4, -0.2) is 45.3 Å². The Morgan fingerprint density at radius 1 is 1.50 bits per heavy atom. The number of rotatable bonds is 6. The van der Waals surface area contributed by atoms with E-state index >= 15 is 0 Å². The summed E-state index contributed by atoms with van der Waals surface area (Å²) in [5.41, 5.74) is 0. The van der Waals surface area contributed by atoms with Gasteiger partial charge in [-0.05, 0) is 32.4 Å². The molecule has 0 saturated carbocycles. The number of hydrogen-bond acceptors (Lipinski definition) is 4. The minimum Gasteiger partial charge on any atom is -0.315 e. The van der Waals surface area contributed by atoms with Gasteiger partial charge in [-0.1, -0.05) is 13.8 Å². The van der Waals surface area contributed by atoms with Crippen LogP contribution in [0.5, 0.6) is 0 Å². The summed E-state index contributed by atoms with van der Waals surface area (Å²) in [6.45, 7) is 9.64. The van der Waals surface area contributed by atoms with E-state index in [0.29, 0.717) is 6.04 Å². The van der Waals surface area contributed by atoms with Crippen molar-refractivity contribution in [1.82, 2.24) is 25.0 Å². The van der Waals surface area contributed by atoms with Crippen LogP contribution in [0.3, 0.4) is 0 Å². The van der Waals surface area contributed by atoms with Crippen LogP contribution < -0.4 is 5.32 Å². The average molecular weight is 251 g/mol. The highest BCUT2D eigenvalue weighted by molar-refractivity contribution is 4.88. The zero-order valence-electron chi connectivity index (χ0n) is 11.6. The van der Waals surface area contributed by atoms with Gasteiger partial charge in [0.15, 0.2) is 0 Å². The van der Waals surface area contributed by atoms with Gasteiger partial charge in [0.1, 0.15) is 12.2 Å². The van der Waals surface area contributed by atoms with Crippen LogP contribution in [0.1, 0.15) is 38.9 Å². The van der Waals surface area contributed by atoms with E-state index in [-0.39, 0.29) is 0 Å². The van der Waals surface area contributed by atoms with Crippen molar-refractivity contribution in [3.05, 3.63) is 12.2 Å². The highest BCUT2D eigenvalue weighted by atomic mass is 15.3. The normalized spacial score (nSPS) is 20.5. The molecule has 0 spiro atoms. The second-order valence-electron chi connectivity index (χ2n) is 4.96. The summed E-state index contributed by atoms with van der Waals surface area (Å²) in [6, 6.07) is 0.649. The highest BCUT2D eigenvalue weighted by Crippen LogP contribution is 2.13. The molecule has 1 fully saturated rings. The highest BCUT2D eigenvalue weighted by Gasteiger charge is 2.21. The number of hydrogen-bond donors (Lipinski definition) is 1. The van der Waals surface area contributed by atoms with Gasteiger partial charge >= 0.3 is 0 Å². The first-order valence-electron chi connectivity index (χ1n) is 7.16. The zero-order chi connectivity index (χ0) is 12.8. The van der Waals surface area contributed by atoms with E-state index in [1.54, 1.807) is 6.33 Å². The number of likely N-dealkylation sites (N-methyl/N-ethyl adjacent to an activating group) is 1. The Morgan fingerprint density at radius 3 is 3.06 bits per heavy atom. The summed E-state index contributed by atoms with van der Waals surface area (Å²) >= 11 is 0. The third-order valence-corrected chi connectivity index (χ3v) is 3.67. The van der Waals surface area contributed by atoms with Crippen molar-refractivity contribution in [2.24, 2.45) is 0 Å². The van der Waals surface area contributed by atoms with Crippen molar-refractivity contribution in [3.63, 3.8) is 0 Å². The largest absolute Gasteiger partial charge is 0.315 e. The topological polar surface area (TPSA) is 46.0 Å². The maximum absolute atomic E-state index is 4.41. The lowest BCUT2D eigenvalue weighted by atomic mass is 10.1. The van der Waals surface area contributed by atoms with Gasteiger partial charge in [-0.25, -0.2) is 9.67 Å². The fourth-order valence-electron chi connectivity index (χ4n) is 2.63. The van der Waals surface area contributed by atoms with E-state index in [1.165, 1.54) is 19.4 Å². The van der Waals surface area contributed by atoms with Gasteiger partial charge in [0.25, 0.3) is 0 Å². The van der Waals surface area contributed by atoms with E-state index in [4.69, 9.17) is 0 Å². The molecule has 1 atom stereocenters. The molecule has 5 heteroatoms. The molecule has 0 amide bonds. The monoisotopic (exact) mass is 251 g/mol. The molecular weight excluding hydrogens is 226 g/mol. The SMILES string of the molecule is CCCn1ncnc1CN(CC)C1CCCNC1. The summed E-state index contributed by atoms with van der Waals surface area (Å²) in [4.78, 5) is 6.92. The lowest BCUT2D eigenvalue weighted by molar-refractivity contribution is 0.159. The molecule has 1 aliphatic heterocycles. The lowest BCUT2D eigenvalue weighted by Crippen LogP contribution is -2.45. The maximum atomic E-state index is 4.41. The van der Waals surface area contributed by atoms with E-state index in [2.05, 4.69) is 34.1 Å². The molecule has 2 rings (SSSR count). The van der Waals surface area contributed by atoms with Crippen molar-refractivity contribution in [2.75, 3.05) is 19.6 Å². The predicted octanol–water partition coefficient (Wildman–Crippen LogP) is 1.26. The van der Waals surface area contributed by atoms with Crippen LogP contribution in [0.4, 0.5) is 0 Å². The third-order valence-electron chi connectivity index (χ3n) is 3.67. The van der Waals surface area contributed by atoms with Crippen LogP contribution in [0, 0.1) is 0 Å². The summed E-state index contributed by atoms with van der Waals surface area (Å²) in [7, 11) is 0. The van der Waals surface area contributed by atoms with Gasteiger partial charge in [0.05, 0.1) is 6.54 Å². The van der Waals surface area contributed by atoms with Crippen LogP contribution >= 0.6 is 0 Å². The maximum Gasteiger partial charge on any atom is 0.141 e. The Morgan fingerprint density at radius 2 is 2.39 bits per heavy atom. The predicted molar refractivity (Wildman–Crippen MR) is 72.3 cm³/mol. The minimum atomic E-state index is 0.649. The zero-order valence-corrected chi connectivity index (χ0v) is 11.6. The van der Waals surface area contributed by atoms with Crippen molar-refractivity contribution >= 4 is 0 Å². The second-order valence-corrected chi connectivity index (χ2v) is 4.96. The summed E-state index contributed by atoms with van der Waals surface area (Å²) < 4.78 is 2.04. The van der Waals surface area contributed by atoms with Crippen molar-refractivity contribution < 1.29 is 0 Å². The van der Waals surface area contributed by atoms with Gasteiger partial charge in [0, 0.05) is 19.1 Å². The molecule has 18 heavy (non-hydrogen) atoms. The van der Waals surface area contributed by atoms with Crippen LogP contribution in [-0.2, 0) is 13.1 Å². The Kier molecular flexibility index (Phi) is 5.13. The molecule has 1 unspecified atom stereocenters. The molecule has 1 aliphatic rings. The van der Waals surface area contributed by atoms with Crippen molar-refractivity contribution in [2.45, 2.75) is 52.2 Å². The summed E-state index contributed by atoms with van der Waals surface area (Å²) in [6.07, 6.45) is 5.36. The van der Waals surface area contributed by atoms with Crippen LogP contribution in [0.25, 0.3) is 0 Å². The first-order valence-corrected chi connectivity index (χ1v) is 7.16. The van der Waals surface area contributed by atoms with Gasteiger partial charge in [0.2, 0.25) is 0 Å². The van der Waals surface area contributed by atoms with Crippen LogP contribution in [0.2, 0.25) is 0 Å². The number of piperidine rings is 1. The number of nitrogens with zero attached hydrogens (tertiary/aromatic N) is 4. The molecule has 1 aromatic rings. The minimum absolute atomic E-state index is 0.649. The molecule has 1 aromatic heterocycles. The second kappa shape index (κ2) is 6.85. The molecule has 0 bridgehead atoms. The Bertz CT molecular complexity index is 343. The Hall–Kier alpha value is -0.940. The first-order chi connectivity index (χ1) is 8.85. The molecule has 2 heterocycles. The summed E-state index contributed by atoms with van der Waals surface area (Å²) in [5, 5.41) is 7.79. The van der Waals surface area contributed by atoms with Gasteiger partial charge < -0.3 is 5.32 Å². The van der Waals surface area contributed by atoms with Crippen LogP contribution in [0.15, 0.2) is 6.33 Å². The van der Waals surface area contributed by atoms with E-state index in [1.807, 2.05) is 4.68 Å². The molecule has 1 saturated heterocycles. The molecule has 1 N–H and O–H groups in total. The molecule has 0 aliphatic carbocycles. The van der Waals surface area contributed by atoms with E-state index in [0.717, 1.165) is 38.4 Å². The van der Waals surface area contributed by atoms with Crippen molar-refractivity contribution in [3.8, 4) is 0 Å². The van der Waals surface area contributed by atoms with Gasteiger partial charge in [-0.2, -0.15) is 5.10 Å². The number of aryl methyl sites for hydroxylation is 1. The van der Waals surface area contributed by atoms with Gasteiger partial charge in [-0.15, -0.1) is 0 Å².